The number of aliphatic hydroxyl groups is 1. The number of carbonyl (C=O) groups excluding carboxylic acids is 2. The summed E-state index contributed by atoms with van der Waals surface area (Å²) < 4.78 is 1.65. The van der Waals surface area contributed by atoms with Gasteiger partial charge < -0.3 is 5.11 Å². The monoisotopic (exact) mass is 550 g/mol. The second-order valence-electron chi connectivity index (χ2n) is 7.61. The third kappa shape index (κ3) is 4.18. The standard InChI is InChI=1S/C26H16BrClN2O3S/c27-17-9-7-16(8-10-17)23-22(20(31)13-6-15-4-2-1-3-5-15)24(32)25(33)30(23)26-29-19-12-11-18(28)14-21(19)34-26/h1-14,23,32H/b13-6+. The lowest BCUT2D eigenvalue weighted by Crippen LogP contribution is -2.30. The highest BCUT2D eigenvalue weighted by molar-refractivity contribution is 9.10. The average Bonchev–Trinajstić information content (AvgIpc) is 3.36. The number of halogens is 2. The molecule has 0 saturated heterocycles. The fraction of sp³-hybridized carbons (Fsp3) is 0.0385. The number of benzene rings is 3. The van der Waals surface area contributed by atoms with E-state index in [1.165, 1.54) is 22.3 Å². The first-order chi connectivity index (χ1) is 16.4. The molecule has 0 saturated carbocycles. The summed E-state index contributed by atoms with van der Waals surface area (Å²) in [5.41, 5.74) is 2.20. The molecule has 3 aromatic carbocycles. The molecule has 0 radical (unpaired) electrons. The molecular weight excluding hydrogens is 536 g/mol. The van der Waals surface area contributed by atoms with Gasteiger partial charge in [0.1, 0.15) is 0 Å². The Kier molecular flexibility index (Phi) is 6.08. The number of ketones is 1. The molecule has 0 aliphatic carbocycles. The van der Waals surface area contributed by atoms with Crippen molar-refractivity contribution in [3.8, 4) is 0 Å². The number of allylic oxidation sites excluding steroid dienone is 1. The van der Waals surface area contributed by atoms with E-state index < -0.39 is 23.5 Å². The SMILES string of the molecule is O=C(/C=C/c1ccccc1)C1=C(O)C(=O)N(c2nc3ccc(Cl)cc3s2)C1c1ccc(Br)cc1. The van der Waals surface area contributed by atoms with Crippen molar-refractivity contribution in [1.29, 1.82) is 0 Å². The van der Waals surface area contributed by atoms with Crippen molar-refractivity contribution in [2.75, 3.05) is 4.90 Å². The maximum atomic E-state index is 13.3. The van der Waals surface area contributed by atoms with E-state index in [1.54, 1.807) is 24.3 Å². The van der Waals surface area contributed by atoms with Crippen LogP contribution in [0.2, 0.25) is 5.02 Å². The molecule has 1 aliphatic rings. The van der Waals surface area contributed by atoms with Crippen molar-refractivity contribution in [3.63, 3.8) is 0 Å². The van der Waals surface area contributed by atoms with Gasteiger partial charge in [-0.3, -0.25) is 14.5 Å². The molecule has 0 bridgehead atoms. The number of nitrogens with zero attached hydrogens (tertiary/aromatic N) is 2. The maximum absolute atomic E-state index is 13.3. The van der Waals surface area contributed by atoms with Crippen LogP contribution in [0.4, 0.5) is 5.13 Å². The van der Waals surface area contributed by atoms with Crippen molar-refractivity contribution in [3.05, 3.63) is 111 Å². The summed E-state index contributed by atoms with van der Waals surface area (Å²) in [7, 11) is 0. The Balaban J connectivity index is 1.60. The zero-order chi connectivity index (χ0) is 23.8. The topological polar surface area (TPSA) is 70.5 Å². The molecule has 4 aromatic rings. The number of fused-ring (bicyclic) bond motifs is 1. The second-order valence-corrected chi connectivity index (χ2v) is 9.97. The van der Waals surface area contributed by atoms with E-state index in [1.807, 2.05) is 54.6 Å². The van der Waals surface area contributed by atoms with Crippen molar-refractivity contribution in [2.24, 2.45) is 0 Å². The van der Waals surface area contributed by atoms with Crippen molar-refractivity contribution in [1.82, 2.24) is 4.98 Å². The summed E-state index contributed by atoms with van der Waals surface area (Å²) >= 11 is 10.8. The molecule has 168 valence electrons. The minimum absolute atomic E-state index is 0.0109. The summed E-state index contributed by atoms with van der Waals surface area (Å²) in [6.07, 6.45) is 3.04. The summed E-state index contributed by atoms with van der Waals surface area (Å²) in [4.78, 5) is 32.5. The van der Waals surface area contributed by atoms with E-state index >= 15 is 0 Å². The number of hydrogen-bond acceptors (Lipinski definition) is 5. The molecule has 1 aromatic heterocycles. The van der Waals surface area contributed by atoms with E-state index in [0.29, 0.717) is 21.2 Å². The molecule has 1 aliphatic heterocycles. The van der Waals surface area contributed by atoms with Crippen LogP contribution in [0.25, 0.3) is 16.3 Å². The number of carbonyl (C=O) groups is 2. The minimum atomic E-state index is -0.829. The maximum Gasteiger partial charge on any atom is 0.296 e. The van der Waals surface area contributed by atoms with Crippen LogP contribution in [0.3, 0.4) is 0 Å². The van der Waals surface area contributed by atoms with Crippen LogP contribution in [0.15, 0.2) is 94.7 Å². The van der Waals surface area contributed by atoms with Crippen LogP contribution in [0.1, 0.15) is 17.2 Å². The Bertz CT molecular complexity index is 1480. The van der Waals surface area contributed by atoms with Crippen LogP contribution < -0.4 is 4.90 Å². The van der Waals surface area contributed by atoms with Crippen LogP contribution in [0, 0.1) is 0 Å². The van der Waals surface area contributed by atoms with E-state index in [0.717, 1.165) is 14.7 Å². The van der Waals surface area contributed by atoms with Crippen LogP contribution in [-0.4, -0.2) is 21.8 Å². The van der Waals surface area contributed by atoms with Gasteiger partial charge in [-0.1, -0.05) is 87.4 Å². The summed E-state index contributed by atoms with van der Waals surface area (Å²) in [6.45, 7) is 0. The number of thiazole rings is 1. The summed E-state index contributed by atoms with van der Waals surface area (Å²) in [6, 6.07) is 21.1. The van der Waals surface area contributed by atoms with Gasteiger partial charge in [0.05, 0.1) is 21.8 Å². The second kappa shape index (κ2) is 9.18. The van der Waals surface area contributed by atoms with E-state index in [9.17, 15) is 14.7 Å². The molecule has 1 unspecified atom stereocenters. The lowest BCUT2D eigenvalue weighted by Gasteiger charge is -2.24. The first-order valence-electron chi connectivity index (χ1n) is 10.3. The van der Waals surface area contributed by atoms with Gasteiger partial charge >= 0.3 is 0 Å². The lowest BCUT2D eigenvalue weighted by molar-refractivity contribution is -0.117. The van der Waals surface area contributed by atoms with Crippen molar-refractivity contribution < 1.29 is 14.7 Å². The zero-order valence-corrected chi connectivity index (χ0v) is 20.6. The number of anilines is 1. The molecule has 5 rings (SSSR count). The smallest absolute Gasteiger partial charge is 0.296 e. The molecule has 1 amide bonds. The lowest BCUT2D eigenvalue weighted by atomic mass is 9.96. The van der Waals surface area contributed by atoms with Crippen LogP contribution >= 0.6 is 38.9 Å². The normalized spacial score (nSPS) is 16.2. The van der Waals surface area contributed by atoms with Gasteiger partial charge in [-0.15, -0.1) is 0 Å². The summed E-state index contributed by atoms with van der Waals surface area (Å²) in [5.74, 6) is -1.70. The van der Waals surface area contributed by atoms with Gasteiger partial charge in [-0.05, 0) is 47.5 Å². The number of amides is 1. The molecule has 0 fully saturated rings. The van der Waals surface area contributed by atoms with Gasteiger partial charge in [-0.2, -0.15) is 0 Å². The van der Waals surface area contributed by atoms with E-state index in [-0.39, 0.29) is 5.57 Å². The van der Waals surface area contributed by atoms with Gasteiger partial charge in [0.25, 0.3) is 5.91 Å². The third-order valence-corrected chi connectivity index (χ3v) is 7.21. The van der Waals surface area contributed by atoms with Gasteiger partial charge in [0.2, 0.25) is 0 Å². The number of hydrogen-bond donors (Lipinski definition) is 1. The molecule has 2 heterocycles. The molecule has 34 heavy (non-hydrogen) atoms. The number of aromatic nitrogens is 1. The van der Waals surface area contributed by atoms with Crippen molar-refractivity contribution >= 4 is 72.0 Å². The Morgan fingerprint density at radius 3 is 2.56 bits per heavy atom. The van der Waals surface area contributed by atoms with Gasteiger partial charge in [0.15, 0.2) is 16.7 Å². The molecule has 8 heteroatoms. The Labute approximate surface area is 212 Å². The zero-order valence-electron chi connectivity index (χ0n) is 17.5. The molecule has 1 atom stereocenters. The fourth-order valence-corrected chi connectivity index (χ4v) is 5.36. The predicted octanol–water partition coefficient (Wildman–Crippen LogP) is 6.89. The highest BCUT2D eigenvalue weighted by atomic mass is 79.9. The van der Waals surface area contributed by atoms with Gasteiger partial charge in [-0.25, -0.2) is 4.98 Å². The molecule has 1 N–H and O–H groups in total. The fourth-order valence-electron chi connectivity index (χ4n) is 3.83. The molecule has 5 nitrogen and oxygen atoms in total. The Morgan fingerprint density at radius 2 is 1.82 bits per heavy atom. The predicted molar refractivity (Wildman–Crippen MR) is 139 cm³/mol. The van der Waals surface area contributed by atoms with Crippen LogP contribution in [0.5, 0.6) is 0 Å². The molecule has 0 spiro atoms. The van der Waals surface area contributed by atoms with Crippen LogP contribution in [-0.2, 0) is 9.59 Å². The third-order valence-electron chi connectivity index (χ3n) is 5.43. The first-order valence-corrected chi connectivity index (χ1v) is 12.3. The number of rotatable bonds is 5. The molecular formula is C26H16BrClN2O3S. The first kappa shape index (κ1) is 22.5. The van der Waals surface area contributed by atoms with Crippen molar-refractivity contribution in [2.45, 2.75) is 6.04 Å². The highest BCUT2D eigenvalue weighted by Gasteiger charge is 2.45. The number of aliphatic hydroxyl groups excluding tert-OH is 1. The van der Waals surface area contributed by atoms with Gasteiger partial charge in [0, 0.05) is 9.50 Å². The van der Waals surface area contributed by atoms with E-state index in [4.69, 9.17) is 11.6 Å². The Hall–Kier alpha value is -3.26. The minimum Gasteiger partial charge on any atom is -0.503 e. The largest absolute Gasteiger partial charge is 0.503 e. The van der Waals surface area contributed by atoms with E-state index in [2.05, 4.69) is 20.9 Å². The Morgan fingerprint density at radius 1 is 1.09 bits per heavy atom. The quantitative estimate of drug-likeness (QED) is 0.274. The summed E-state index contributed by atoms with van der Waals surface area (Å²) in [5, 5.41) is 11.8. The highest BCUT2D eigenvalue weighted by Crippen LogP contribution is 2.44. The average molecular weight is 552 g/mol.